The quantitative estimate of drug-likeness (QED) is 0.411. The Balaban J connectivity index is 1.66. The first-order valence-corrected chi connectivity index (χ1v) is 9.74. The molecule has 1 aromatic heterocycles. The van der Waals surface area contributed by atoms with E-state index in [-0.39, 0.29) is 25.0 Å². The molecule has 1 aliphatic heterocycles. The highest BCUT2D eigenvalue weighted by Crippen LogP contribution is 2.36. The van der Waals surface area contributed by atoms with Crippen LogP contribution in [-0.4, -0.2) is 34.3 Å². The molecule has 6 heteroatoms. The van der Waals surface area contributed by atoms with Crippen LogP contribution >= 0.6 is 0 Å². The number of nitrogens with zero attached hydrogens (tertiary/aromatic N) is 1. The molecule has 148 valence electrons. The summed E-state index contributed by atoms with van der Waals surface area (Å²) < 4.78 is 5.10. The van der Waals surface area contributed by atoms with Crippen LogP contribution in [0.3, 0.4) is 0 Å². The van der Waals surface area contributed by atoms with Crippen LogP contribution in [0.25, 0.3) is 21.8 Å². The number of rotatable bonds is 4. The summed E-state index contributed by atoms with van der Waals surface area (Å²) in [7, 11) is 0. The van der Waals surface area contributed by atoms with Crippen molar-refractivity contribution in [2.24, 2.45) is 0 Å². The molecule has 0 aliphatic carbocycles. The molecule has 5 rings (SSSR count). The van der Waals surface area contributed by atoms with Gasteiger partial charge in [-0.3, -0.25) is 14.5 Å². The van der Waals surface area contributed by atoms with Gasteiger partial charge in [0, 0.05) is 21.8 Å². The Hall–Kier alpha value is -3.93. The van der Waals surface area contributed by atoms with Crippen LogP contribution in [-0.2, 0) is 11.3 Å². The number of hydrogen-bond acceptors (Lipinski definition) is 4. The van der Waals surface area contributed by atoms with Crippen molar-refractivity contribution in [3.05, 3.63) is 82.9 Å². The van der Waals surface area contributed by atoms with Crippen molar-refractivity contribution in [2.45, 2.75) is 13.5 Å². The summed E-state index contributed by atoms with van der Waals surface area (Å²) in [4.78, 5) is 43.0. The molecule has 2 amide bonds. The van der Waals surface area contributed by atoms with Crippen LogP contribution in [0.1, 0.15) is 43.6 Å². The van der Waals surface area contributed by atoms with E-state index >= 15 is 0 Å². The number of aromatic amines is 1. The normalized spacial score (nSPS) is 13.3. The summed E-state index contributed by atoms with van der Waals surface area (Å²) in [6, 6.07) is 18.1. The Labute approximate surface area is 172 Å². The first kappa shape index (κ1) is 18.1. The number of amides is 2. The third-order valence-electron chi connectivity index (χ3n) is 5.39. The highest BCUT2D eigenvalue weighted by atomic mass is 16.5. The predicted octanol–water partition coefficient (Wildman–Crippen LogP) is 4.29. The molecule has 0 unspecified atom stereocenters. The summed E-state index contributed by atoms with van der Waals surface area (Å²) in [5, 5.41) is 1.37. The number of nitrogens with one attached hydrogen (secondary N) is 1. The van der Waals surface area contributed by atoms with Gasteiger partial charge in [-0.2, -0.15) is 0 Å². The van der Waals surface area contributed by atoms with Crippen LogP contribution in [0, 0.1) is 0 Å². The predicted molar refractivity (Wildman–Crippen MR) is 112 cm³/mol. The van der Waals surface area contributed by atoms with E-state index in [1.54, 1.807) is 37.3 Å². The standard InChI is InChI=1S/C24H18N2O4/c1-2-30-24(29)15-8-10-18-17(12-15)20-19(25-18)11-9-16-21(20)23(28)26(22(16)27)13-14-6-4-3-5-7-14/h3-12,25H,2,13H2,1H3. The first-order valence-electron chi connectivity index (χ1n) is 9.74. The summed E-state index contributed by atoms with van der Waals surface area (Å²) in [6.45, 7) is 2.24. The van der Waals surface area contributed by atoms with Crippen LogP contribution in [0.2, 0.25) is 0 Å². The van der Waals surface area contributed by atoms with Gasteiger partial charge in [0.2, 0.25) is 0 Å². The molecular formula is C24H18N2O4. The van der Waals surface area contributed by atoms with E-state index < -0.39 is 5.97 Å². The monoisotopic (exact) mass is 398 g/mol. The lowest BCUT2D eigenvalue weighted by molar-refractivity contribution is 0.0525. The topological polar surface area (TPSA) is 79.5 Å². The number of H-pyrrole nitrogens is 1. The summed E-state index contributed by atoms with van der Waals surface area (Å²) in [5.41, 5.74) is 3.57. The van der Waals surface area contributed by atoms with E-state index in [0.717, 1.165) is 22.0 Å². The smallest absolute Gasteiger partial charge is 0.338 e. The Morgan fingerprint density at radius 1 is 0.967 bits per heavy atom. The molecule has 0 atom stereocenters. The fraction of sp³-hybridized carbons (Fsp3) is 0.125. The van der Waals surface area contributed by atoms with Gasteiger partial charge < -0.3 is 9.72 Å². The van der Waals surface area contributed by atoms with Crippen LogP contribution in [0.4, 0.5) is 0 Å². The average molecular weight is 398 g/mol. The molecule has 6 nitrogen and oxygen atoms in total. The maximum atomic E-state index is 13.3. The fourth-order valence-electron chi connectivity index (χ4n) is 4.02. The van der Waals surface area contributed by atoms with Crippen molar-refractivity contribution in [1.29, 1.82) is 0 Å². The second kappa shape index (κ2) is 6.84. The molecule has 0 saturated heterocycles. The molecule has 0 saturated carbocycles. The van der Waals surface area contributed by atoms with Crippen LogP contribution < -0.4 is 0 Å². The second-order valence-corrected chi connectivity index (χ2v) is 7.20. The maximum absolute atomic E-state index is 13.3. The summed E-state index contributed by atoms with van der Waals surface area (Å²) >= 11 is 0. The number of carbonyl (C=O) groups is 3. The van der Waals surface area contributed by atoms with Crippen molar-refractivity contribution in [3.63, 3.8) is 0 Å². The van der Waals surface area contributed by atoms with Crippen molar-refractivity contribution in [2.75, 3.05) is 6.61 Å². The van der Waals surface area contributed by atoms with E-state index in [0.29, 0.717) is 22.1 Å². The van der Waals surface area contributed by atoms with Crippen molar-refractivity contribution in [1.82, 2.24) is 9.88 Å². The average Bonchev–Trinajstić information content (AvgIpc) is 3.24. The van der Waals surface area contributed by atoms with Gasteiger partial charge in [0.1, 0.15) is 0 Å². The number of aromatic nitrogens is 1. The van der Waals surface area contributed by atoms with E-state index in [1.165, 1.54) is 4.90 Å². The van der Waals surface area contributed by atoms with E-state index in [4.69, 9.17) is 4.74 Å². The number of benzene rings is 3. The number of imide groups is 1. The van der Waals surface area contributed by atoms with Crippen LogP contribution in [0.5, 0.6) is 0 Å². The number of hydrogen-bond donors (Lipinski definition) is 1. The number of carbonyl (C=O) groups excluding carboxylic acids is 3. The van der Waals surface area contributed by atoms with Gasteiger partial charge in [-0.05, 0) is 42.8 Å². The zero-order chi connectivity index (χ0) is 20.8. The van der Waals surface area contributed by atoms with Crippen molar-refractivity contribution >= 4 is 39.6 Å². The molecule has 0 bridgehead atoms. The molecule has 4 aromatic rings. The van der Waals surface area contributed by atoms with Gasteiger partial charge in [-0.15, -0.1) is 0 Å². The minimum atomic E-state index is -0.422. The maximum Gasteiger partial charge on any atom is 0.338 e. The number of esters is 1. The highest BCUT2D eigenvalue weighted by Gasteiger charge is 2.37. The largest absolute Gasteiger partial charge is 0.462 e. The molecule has 3 aromatic carbocycles. The van der Waals surface area contributed by atoms with Gasteiger partial charge >= 0.3 is 5.97 Å². The Morgan fingerprint density at radius 2 is 1.73 bits per heavy atom. The SMILES string of the molecule is CCOC(=O)c1ccc2[nH]c3ccc4c(c3c2c1)C(=O)N(Cc1ccccc1)C4=O. The molecule has 1 N–H and O–H groups in total. The lowest BCUT2D eigenvalue weighted by atomic mass is 10.0. The second-order valence-electron chi connectivity index (χ2n) is 7.20. The van der Waals surface area contributed by atoms with E-state index in [9.17, 15) is 14.4 Å². The molecule has 0 radical (unpaired) electrons. The van der Waals surface area contributed by atoms with E-state index in [1.807, 2.05) is 30.3 Å². The van der Waals surface area contributed by atoms with Gasteiger partial charge in [-0.25, -0.2) is 4.79 Å². The van der Waals surface area contributed by atoms with Gasteiger partial charge in [0.25, 0.3) is 11.8 Å². The minimum Gasteiger partial charge on any atom is -0.462 e. The third-order valence-corrected chi connectivity index (χ3v) is 5.39. The molecule has 0 spiro atoms. The van der Waals surface area contributed by atoms with Crippen molar-refractivity contribution in [3.8, 4) is 0 Å². The number of fused-ring (bicyclic) bond motifs is 5. The first-order chi connectivity index (χ1) is 14.6. The molecule has 30 heavy (non-hydrogen) atoms. The molecule has 0 fully saturated rings. The third kappa shape index (κ3) is 2.69. The highest BCUT2D eigenvalue weighted by molar-refractivity contribution is 6.30. The molecular weight excluding hydrogens is 380 g/mol. The van der Waals surface area contributed by atoms with Crippen molar-refractivity contribution < 1.29 is 19.1 Å². The Kier molecular flexibility index (Phi) is 4.13. The number of ether oxygens (including phenoxy) is 1. The van der Waals surface area contributed by atoms with Crippen LogP contribution in [0.15, 0.2) is 60.7 Å². The van der Waals surface area contributed by atoms with Gasteiger partial charge in [0.15, 0.2) is 0 Å². The van der Waals surface area contributed by atoms with E-state index in [2.05, 4.69) is 4.98 Å². The lowest BCUT2D eigenvalue weighted by Gasteiger charge is -2.13. The van der Waals surface area contributed by atoms with Gasteiger partial charge in [-0.1, -0.05) is 30.3 Å². The zero-order valence-electron chi connectivity index (χ0n) is 16.3. The Morgan fingerprint density at radius 3 is 2.50 bits per heavy atom. The fourth-order valence-corrected chi connectivity index (χ4v) is 4.02. The molecule has 2 heterocycles. The summed E-state index contributed by atoms with van der Waals surface area (Å²) in [5.74, 6) is -1.06. The summed E-state index contributed by atoms with van der Waals surface area (Å²) in [6.07, 6.45) is 0. The zero-order valence-corrected chi connectivity index (χ0v) is 16.3. The Bertz CT molecular complexity index is 1340. The lowest BCUT2D eigenvalue weighted by Crippen LogP contribution is -2.29. The molecule has 1 aliphatic rings. The minimum absolute atomic E-state index is 0.213. The van der Waals surface area contributed by atoms with Gasteiger partial charge in [0.05, 0.1) is 29.8 Å².